The highest BCUT2D eigenvalue weighted by Gasteiger charge is 2.30. The summed E-state index contributed by atoms with van der Waals surface area (Å²) < 4.78 is 1.87. The first kappa shape index (κ1) is 17.2. The van der Waals surface area contributed by atoms with Crippen LogP contribution < -0.4 is 5.32 Å². The average molecular weight is 340 g/mol. The molecule has 0 saturated carbocycles. The predicted molar refractivity (Wildman–Crippen MR) is 94.6 cm³/mol. The number of carbonyl (C=O) groups excluding carboxylic acids is 2. The number of benzene rings is 1. The zero-order valence-corrected chi connectivity index (χ0v) is 14.5. The van der Waals surface area contributed by atoms with Gasteiger partial charge in [0.1, 0.15) is 0 Å². The summed E-state index contributed by atoms with van der Waals surface area (Å²) >= 11 is 0. The van der Waals surface area contributed by atoms with E-state index in [9.17, 15) is 9.59 Å². The third-order valence-corrected chi connectivity index (χ3v) is 4.61. The highest BCUT2D eigenvalue weighted by Crippen LogP contribution is 2.24. The molecule has 1 aliphatic heterocycles. The molecular formula is C19H24N4O2. The molecule has 2 aromatic rings. The molecule has 6 nitrogen and oxygen atoms in total. The smallest absolute Gasteiger partial charge is 0.225 e. The first-order chi connectivity index (χ1) is 12.1. The van der Waals surface area contributed by atoms with E-state index in [1.165, 1.54) is 6.92 Å². The SMILES string of the molecule is CC(=O)N[C@@H](CC(=O)N1CCC[C@H]1Cn1cccn1)c1ccccc1. The zero-order chi connectivity index (χ0) is 17.6. The molecule has 1 aromatic heterocycles. The van der Waals surface area contributed by atoms with Crippen molar-refractivity contribution >= 4 is 11.8 Å². The van der Waals surface area contributed by atoms with Crippen molar-refractivity contribution in [3.05, 3.63) is 54.4 Å². The molecule has 0 radical (unpaired) electrons. The largest absolute Gasteiger partial charge is 0.349 e. The minimum absolute atomic E-state index is 0.0808. The van der Waals surface area contributed by atoms with Crippen molar-refractivity contribution in [3.8, 4) is 0 Å². The standard InChI is InChI=1S/C19H24N4O2/c1-15(24)21-18(16-7-3-2-4-8-16)13-19(25)23-12-5-9-17(23)14-22-11-6-10-20-22/h2-4,6-8,10-11,17-18H,5,9,12-14H2,1H3,(H,21,24)/t17-,18-/m0/s1. The minimum Gasteiger partial charge on any atom is -0.349 e. The van der Waals surface area contributed by atoms with Crippen molar-refractivity contribution in [1.82, 2.24) is 20.0 Å². The molecule has 0 unspecified atom stereocenters. The lowest BCUT2D eigenvalue weighted by molar-refractivity contribution is -0.133. The molecule has 2 amide bonds. The number of rotatable bonds is 6. The Balaban J connectivity index is 1.68. The topological polar surface area (TPSA) is 67.2 Å². The molecule has 2 atom stereocenters. The second kappa shape index (κ2) is 7.96. The van der Waals surface area contributed by atoms with Gasteiger partial charge in [0.05, 0.1) is 25.0 Å². The summed E-state index contributed by atoms with van der Waals surface area (Å²) in [6.45, 7) is 2.97. The van der Waals surface area contributed by atoms with Gasteiger partial charge in [0.2, 0.25) is 11.8 Å². The molecule has 1 saturated heterocycles. The zero-order valence-electron chi connectivity index (χ0n) is 14.5. The molecule has 1 aromatic carbocycles. The lowest BCUT2D eigenvalue weighted by Gasteiger charge is -2.27. The number of amides is 2. The van der Waals surface area contributed by atoms with Gasteiger partial charge in [-0.05, 0) is 24.5 Å². The summed E-state index contributed by atoms with van der Waals surface area (Å²) in [5.74, 6) is -0.0478. The van der Waals surface area contributed by atoms with Crippen LogP contribution in [0.4, 0.5) is 0 Å². The van der Waals surface area contributed by atoms with Crippen LogP contribution in [0, 0.1) is 0 Å². The van der Waals surface area contributed by atoms with E-state index in [1.54, 1.807) is 6.20 Å². The molecule has 0 bridgehead atoms. The van der Waals surface area contributed by atoms with Crippen molar-refractivity contribution in [2.75, 3.05) is 6.54 Å². The Morgan fingerprint density at radius 1 is 1.28 bits per heavy atom. The summed E-state index contributed by atoms with van der Waals surface area (Å²) in [5.41, 5.74) is 0.953. The van der Waals surface area contributed by atoms with E-state index < -0.39 is 0 Å². The average Bonchev–Trinajstić information content (AvgIpc) is 3.27. The normalized spacial score (nSPS) is 18.1. The Kier molecular flexibility index (Phi) is 5.48. The molecule has 25 heavy (non-hydrogen) atoms. The Bertz CT molecular complexity index is 699. The van der Waals surface area contributed by atoms with Crippen molar-refractivity contribution in [1.29, 1.82) is 0 Å². The molecule has 1 N–H and O–H groups in total. The van der Waals surface area contributed by atoms with Gasteiger partial charge in [-0.1, -0.05) is 30.3 Å². The molecule has 3 rings (SSSR count). The van der Waals surface area contributed by atoms with Gasteiger partial charge in [-0.15, -0.1) is 0 Å². The number of carbonyl (C=O) groups is 2. The minimum atomic E-state index is -0.294. The van der Waals surface area contributed by atoms with E-state index in [-0.39, 0.29) is 30.3 Å². The van der Waals surface area contributed by atoms with E-state index in [1.807, 2.05) is 52.2 Å². The van der Waals surface area contributed by atoms with Gasteiger partial charge in [-0.25, -0.2) is 0 Å². The highest BCUT2D eigenvalue weighted by molar-refractivity contribution is 5.79. The van der Waals surface area contributed by atoms with Crippen LogP contribution in [-0.4, -0.2) is 39.1 Å². The van der Waals surface area contributed by atoms with E-state index in [0.717, 1.165) is 31.5 Å². The molecule has 0 spiro atoms. The number of nitrogens with one attached hydrogen (secondary N) is 1. The fourth-order valence-electron chi connectivity index (χ4n) is 3.45. The number of aromatic nitrogens is 2. The molecule has 132 valence electrons. The molecule has 6 heteroatoms. The van der Waals surface area contributed by atoms with E-state index in [4.69, 9.17) is 0 Å². The van der Waals surface area contributed by atoms with Crippen molar-refractivity contribution in [3.63, 3.8) is 0 Å². The van der Waals surface area contributed by atoms with Gasteiger partial charge < -0.3 is 10.2 Å². The quantitative estimate of drug-likeness (QED) is 0.876. The summed E-state index contributed by atoms with van der Waals surface area (Å²) in [7, 11) is 0. The van der Waals surface area contributed by atoms with Crippen LogP contribution in [0.5, 0.6) is 0 Å². The second-order valence-electron chi connectivity index (χ2n) is 6.48. The summed E-state index contributed by atoms with van der Waals surface area (Å²) in [5, 5.41) is 7.15. The van der Waals surface area contributed by atoms with E-state index in [2.05, 4.69) is 10.4 Å². The van der Waals surface area contributed by atoms with Gasteiger partial charge in [-0.2, -0.15) is 5.10 Å². The molecule has 1 fully saturated rings. The summed E-state index contributed by atoms with van der Waals surface area (Å²) in [6.07, 6.45) is 5.95. The van der Waals surface area contributed by atoms with Gasteiger partial charge in [0.25, 0.3) is 0 Å². The highest BCUT2D eigenvalue weighted by atomic mass is 16.2. The van der Waals surface area contributed by atoms with Crippen LogP contribution in [0.25, 0.3) is 0 Å². The van der Waals surface area contributed by atoms with Crippen LogP contribution in [0.1, 0.15) is 37.8 Å². The Morgan fingerprint density at radius 3 is 2.76 bits per heavy atom. The fourth-order valence-corrected chi connectivity index (χ4v) is 3.45. The first-order valence-electron chi connectivity index (χ1n) is 8.72. The van der Waals surface area contributed by atoms with Crippen molar-refractivity contribution < 1.29 is 9.59 Å². The fraction of sp³-hybridized carbons (Fsp3) is 0.421. The summed E-state index contributed by atoms with van der Waals surface area (Å²) in [4.78, 5) is 26.4. The van der Waals surface area contributed by atoms with Crippen LogP contribution >= 0.6 is 0 Å². The number of likely N-dealkylation sites (tertiary alicyclic amines) is 1. The van der Waals surface area contributed by atoms with E-state index in [0.29, 0.717) is 0 Å². The maximum absolute atomic E-state index is 12.9. The van der Waals surface area contributed by atoms with Crippen LogP contribution in [0.2, 0.25) is 0 Å². The van der Waals surface area contributed by atoms with Gasteiger partial charge in [0, 0.05) is 25.9 Å². The van der Waals surface area contributed by atoms with Crippen LogP contribution in [0.3, 0.4) is 0 Å². The number of hydrogen-bond donors (Lipinski definition) is 1. The number of nitrogens with zero attached hydrogens (tertiary/aromatic N) is 3. The van der Waals surface area contributed by atoms with Crippen LogP contribution in [0.15, 0.2) is 48.8 Å². The van der Waals surface area contributed by atoms with Crippen molar-refractivity contribution in [2.24, 2.45) is 0 Å². The summed E-state index contributed by atoms with van der Waals surface area (Å²) in [6, 6.07) is 11.4. The Morgan fingerprint density at radius 2 is 2.08 bits per heavy atom. The Labute approximate surface area is 147 Å². The predicted octanol–water partition coefficient (Wildman–Crippen LogP) is 2.14. The van der Waals surface area contributed by atoms with E-state index >= 15 is 0 Å². The van der Waals surface area contributed by atoms with Crippen LogP contribution in [-0.2, 0) is 16.1 Å². The monoisotopic (exact) mass is 340 g/mol. The third kappa shape index (κ3) is 4.47. The van der Waals surface area contributed by atoms with Gasteiger partial charge in [-0.3, -0.25) is 14.3 Å². The first-order valence-corrected chi connectivity index (χ1v) is 8.72. The second-order valence-corrected chi connectivity index (χ2v) is 6.48. The van der Waals surface area contributed by atoms with Crippen molar-refractivity contribution in [2.45, 2.75) is 44.8 Å². The molecule has 0 aliphatic carbocycles. The molecular weight excluding hydrogens is 316 g/mol. The molecule has 1 aliphatic rings. The lowest BCUT2D eigenvalue weighted by atomic mass is 10.0. The maximum atomic E-state index is 12.9. The number of hydrogen-bond acceptors (Lipinski definition) is 3. The van der Waals surface area contributed by atoms with Gasteiger partial charge in [0.15, 0.2) is 0 Å². The third-order valence-electron chi connectivity index (χ3n) is 4.61. The van der Waals surface area contributed by atoms with Gasteiger partial charge >= 0.3 is 0 Å². The Hall–Kier alpha value is -2.63. The maximum Gasteiger partial charge on any atom is 0.225 e. The lowest BCUT2D eigenvalue weighted by Crippen LogP contribution is -2.40. The molecule has 2 heterocycles.